The molecule has 2 aliphatic rings. The highest BCUT2D eigenvalue weighted by atomic mass is 35.5. The first-order chi connectivity index (χ1) is 13.7. The van der Waals surface area contributed by atoms with Crippen LogP contribution in [0.3, 0.4) is 0 Å². The average Bonchev–Trinajstić information content (AvgIpc) is 2.83. The number of benzene rings is 1. The number of urea groups is 1. The molecule has 1 N–H and O–H groups in total. The third kappa shape index (κ3) is 4.75. The third-order valence-corrected chi connectivity index (χ3v) is 7.03. The Morgan fingerprint density at radius 2 is 1.90 bits per heavy atom. The molecule has 3 rings (SSSR count). The molecule has 1 aromatic rings. The average molecular weight is 439 g/mol. The lowest BCUT2D eigenvalue weighted by Crippen LogP contribution is -2.45. The zero-order valence-electron chi connectivity index (χ0n) is 17.0. The lowest BCUT2D eigenvalue weighted by Gasteiger charge is -2.25. The van der Waals surface area contributed by atoms with Crippen LogP contribution in [-0.2, 0) is 10.0 Å². The predicted molar refractivity (Wildman–Crippen MR) is 116 cm³/mol. The second kappa shape index (κ2) is 8.75. The molecule has 158 valence electrons. The van der Waals surface area contributed by atoms with Crippen molar-refractivity contribution in [2.45, 2.75) is 39.7 Å². The fourth-order valence-electron chi connectivity index (χ4n) is 3.52. The molecule has 1 saturated heterocycles. The molecule has 0 aliphatic carbocycles. The first kappa shape index (κ1) is 21.6. The van der Waals surface area contributed by atoms with Gasteiger partial charge in [0, 0.05) is 42.8 Å². The van der Waals surface area contributed by atoms with Gasteiger partial charge in [0.1, 0.15) is 10.7 Å². The number of nitrogens with zero attached hydrogens (tertiary/aromatic N) is 3. The number of halogens is 1. The van der Waals surface area contributed by atoms with Gasteiger partial charge in [0.25, 0.3) is 10.0 Å². The Morgan fingerprint density at radius 3 is 2.55 bits per heavy atom. The predicted octanol–water partition coefficient (Wildman–Crippen LogP) is 3.33. The largest absolute Gasteiger partial charge is 0.354 e. The molecule has 0 radical (unpaired) electrons. The Morgan fingerprint density at radius 1 is 1.21 bits per heavy atom. The number of carbonyl (C=O) groups is 1. The van der Waals surface area contributed by atoms with Crippen LogP contribution in [0.15, 0.2) is 34.2 Å². The fraction of sp³-hybridized carbons (Fsp3) is 0.500. The summed E-state index contributed by atoms with van der Waals surface area (Å²) < 4.78 is 29.6. The van der Waals surface area contributed by atoms with Crippen LogP contribution in [0.1, 0.15) is 39.2 Å². The quantitative estimate of drug-likeness (QED) is 0.784. The van der Waals surface area contributed by atoms with Crippen LogP contribution in [0, 0.1) is 0 Å². The molecule has 1 atom stereocenters. The molecule has 2 heterocycles. The summed E-state index contributed by atoms with van der Waals surface area (Å²) in [5.41, 5.74) is 1.21. The van der Waals surface area contributed by atoms with Gasteiger partial charge in [0.15, 0.2) is 0 Å². The van der Waals surface area contributed by atoms with E-state index in [0.717, 1.165) is 12.8 Å². The molecule has 0 aromatic heterocycles. The van der Waals surface area contributed by atoms with Crippen molar-refractivity contribution >= 4 is 38.4 Å². The number of rotatable bonds is 3. The molecular weight excluding hydrogens is 412 g/mol. The van der Waals surface area contributed by atoms with Gasteiger partial charge in [-0.05, 0) is 44.4 Å². The number of amidine groups is 1. The lowest BCUT2D eigenvalue weighted by molar-refractivity contribution is 0.196. The Labute approximate surface area is 177 Å². The molecule has 0 saturated carbocycles. The Hall–Kier alpha value is -2.06. The summed E-state index contributed by atoms with van der Waals surface area (Å²) in [6, 6.07) is 6.78. The summed E-state index contributed by atoms with van der Waals surface area (Å²) >= 11 is 5.93. The van der Waals surface area contributed by atoms with Crippen molar-refractivity contribution in [1.82, 2.24) is 15.1 Å². The minimum absolute atomic E-state index is 0.0729. The summed E-state index contributed by atoms with van der Waals surface area (Å²) in [7, 11) is -3.77. The van der Waals surface area contributed by atoms with Gasteiger partial charge >= 0.3 is 6.03 Å². The topological polar surface area (TPSA) is 82.1 Å². The normalized spacial score (nSPS) is 20.3. The van der Waals surface area contributed by atoms with Crippen molar-refractivity contribution in [1.29, 1.82) is 0 Å². The van der Waals surface area contributed by atoms with Gasteiger partial charge in [0.05, 0.1) is 0 Å². The first-order valence-electron chi connectivity index (χ1n) is 9.85. The van der Waals surface area contributed by atoms with E-state index in [1.54, 1.807) is 36.1 Å². The number of carbonyl (C=O) groups excluding carboxylic acids is 1. The van der Waals surface area contributed by atoms with Crippen molar-refractivity contribution in [3.63, 3.8) is 0 Å². The minimum Gasteiger partial charge on any atom is -0.354 e. The molecule has 29 heavy (non-hydrogen) atoms. The lowest BCUT2D eigenvalue weighted by atomic mass is 10.1. The molecule has 2 amide bonds. The van der Waals surface area contributed by atoms with E-state index in [2.05, 4.69) is 9.71 Å². The van der Waals surface area contributed by atoms with Gasteiger partial charge in [-0.1, -0.05) is 30.7 Å². The van der Waals surface area contributed by atoms with Gasteiger partial charge in [0.2, 0.25) is 0 Å². The van der Waals surface area contributed by atoms with Gasteiger partial charge in [-0.15, -0.1) is 4.40 Å². The van der Waals surface area contributed by atoms with E-state index in [0.29, 0.717) is 48.2 Å². The number of nitrogens with one attached hydrogen (secondary N) is 1. The van der Waals surface area contributed by atoms with E-state index >= 15 is 0 Å². The highest BCUT2D eigenvalue weighted by molar-refractivity contribution is 8.00. The second-order valence-corrected chi connectivity index (χ2v) is 9.41. The molecular formula is C20H27ClN4O3S. The van der Waals surface area contributed by atoms with Crippen LogP contribution in [0.4, 0.5) is 4.79 Å². The summed E-state index contributed by atoms with van der Waals surface area (Å²) in [5.74, 6) is 0.471. The Bertz CT molecular complexity index is 941. The van der Waals surface area contributed by atoms with Crippen LogP contribution < -0.4 is 5.32 Å². The highest BCUT2D eigenvalue weighted by Gasteiger charge is 2.34. The van der Waals surface area contributed by atoms with Crippen LogP contribution in [0.25, 0.3) is 4.91 Å². The molecule has 7 nitrogen and oxygen atoms in total. The van der Waals surface area contributed by atoms with E-state index in [1.807, 2.05) is 18.7 Å². The van der Waals surface area contributed by atoms with Crippen molar-refractivity contribution in [2.24, 2.45) is 4.40 Å². The highest BCUT2D eigenvalue weighted by Crippen LogP contribution is 2.34. The smallest absolute Gasteiger partial charge is 0.317 e. The molecule has 0 spiro atoms. The first-order valence-corrected chi connectivity index (χ1v) is 11.7. The standard InChI is InChI=1S/C20H27ClN4O3S/c1-4-14(2)22-20(26)25-11-5-10-24(12-13-25)19-15(3)18(29(27,28)23-19)16-6-8-17(21)9-7-16/h6-9,14H,4-5,10-13H2,1-3H3,(H,22,26)/t14-/m0/s1. The molecule has 1 aromatic carbocycles. The van der Waals surface area contributed by atoms with Gasteiger partial charge in [-0.2, -0.15) is 8.42 Å². The molecule has 2 aliphatic heterocycles. The summed E-state index contributed by atoms with van der Waals surface area (Å²) in [6.07, 6.45) is 1.62. The SMILES string of the molecule is CC[C@H](C)NC(=O)N1CCCN(C2=NS(=O)(=O)C(c3ccc(Cl)cc3)=C2C)CC1. The monoisotopic (exact) mass is 438 g/mol. The maximum absolute atomic E-state index is 12.7. The Balaban J connectivity index is 1.78. The van der Waals surface area contributed by atoms with E-state index in [4.69, 9.17) is 11.6 Å². The van der Waals surface area contributed by atoms with Crippen LogP contribution >= 0.6 is 11.6 Å². The van der Waals surface area contributed by atoms with E-state index in [-0.39, 0.29) is 17.0 Å². The van der Waals surface area contributed by atoms with E-state index in [1.165, 1.54) is 0 Å². The zero-order chi connectivity index (χ0) is 21.2. The third-order valence-electron chi connectivity index (χ3n) is 5.31. The number of hydrogen-bond acceptors (Lipinski definition) is 4. The molecule has 9 heteroatoms. The van der Waals surface area contributed by atoms with E-state index < -0.39 is 10.0 Å². The van der Waals surface area contributed by atoms with Gasteiger partial charge in [-0.25, -0.2) is 4.79 Å². The zero-order valence-corrected chi connectivity index (χ0v) is 18.6. The summed E-state index contributed by atoms with van der Waals surface area (Å²) in [5, 5.41) is 3.54. The van der Waals surface area contributed by atoms with Crippen LogP contribution in [0.2, 0.25) is 5.02 Å². The van der Waals surface area contributed by atoms with Crippen LogP contribution in [-0.4, -0.2) is 62.3 Å². The van der Waals surface area contributed by atoms with E-state index in [9.17, 15) is 13.2 Å². The Kier molecular flexibility index (Phi) is 6.53. The molecule has 0 bridgehead atoms. The molecule has 0 unspecified atom stereocenters. The van der Waals surface area contributed by atoms with Gasteiger partial charge < -0.3 is 15.1 Å². The minimum atomic E-state index is -3.77. The summed E-state index contributed by atoms with van der Waals surface area (Å²) in [6.45, 7) is 8.12. The maximum Gasteiger partial charge on any atom is 0.317 e. The van der Waals surface area contributed by atoms with Crippen LogP contribution in [0.5, 0.6) is 0 Å². The number of sulfonamides is 1. The molecule has 1 fully saturated rings. The number of amides is 2. The maximum atomic E-state index is 12.7. The van der Waals surface area contributed by atoms with Gasteiger partial charge in [-0.3, -0.25) is 0 Å². The van der Waals surface area contributed by atoms with Crippen molar-refractivity contribution < 1.29 is 13.2 Å². The number of hydrogen-bond donors (Lipinski definition) is 1. The fourth-order valence-corrected chi connectivity index (χ4v) is 5.13. The summed E-state index contributed by atoms with van der Waals surface area (Å²) in [4.78, 5) is 16.4. The second-order valence-electron chi connectivity index (χ2n) is 7.44. The van der Waals surface area contributed by atoms with Crippen molar-refractivity contribution in [2.75, 3.05) is 26.2 Å². The van der Waals surface area contributed by atoms with Crippen molar-refractivity contribution in [3.05, 3.63) is 40.4 Å². The van der Waals surface area contributed by atoms with Crippen molar-refractivity contribution in [3.8, 4) is 0 Å².